The highest BCUT2D eigenvalue weighted by Crippen LogP contribution is 2.16. The predicted octanol–water partition coefficient (Wildman–Crippen LogP) is 3.27. The van der Waals surface area contributed by atoms with Gasteiger partial charge in [-0.05, 0) is 30.2 Å². The number of halogens is 1. The van der Waals surface area contributed by atoms with Crippen LogP contribution in [0.15, 0.2) is 48.5 Å². The molecule has 1 atom stereocenters. The van der Waals surface area contributed by atoms with Crippen molar-refractivity contribution in [2.45, 2.75) is 32.5 Å². The van der Waals surface area contributed by atoms with Gasteiger partial charge in [0.2, 0.25) is 0 Å². The smallest absolute Gasteiger partial charge is 0.129 e. The van der Waals surface area contributed by atoms with E-state index in [0.29, 0.717) is 17.9 Å². The zero-order chi connectivity index (χ0) is 15.8. The second-order valence-corrected chi connectivity index (χ2v) is 5.20. The molecule has 0 saturated heterocycles. The van der Waals surface area contributed by atoms with Crippen LogP contribution in [0.4, 0.5) is 4.39 Å². The van der Waals surface area contributed by atoms with Crippen molar-refractivity contribution < 1.29 is 14.2 Å². The first-order valence-electron chi connectivity index (χ1n) is 7.52. The Bertz CT molecular complexity index is 585. The van der Waals surface area contributed by atoms with Gasteiger partial charge in [0.1, 0.15) is 18.2 Å². The third-order valence-electron chi connectivity index (χ3n) is 3.56. The van der Waals surface area contributed by atoms with Crippen molar-refractivity contribution in [3.8, 4) is 5.75 Å². The monoisotopic (exact) mass is 303 g/mol. The summed E-state index contributed by atoms with van der Waals surface area (Å²) in [5.74, 6) is 0.452. The molecule has 0 amide bonds. The molecule has 0 heterocycles. The number of ether oxygens (including phenoxy) is 1. The zero-order valence-electron chi connectivity index (χ0n) is 12.8. The van der Waals surface area contributed by atoms with Gasteiger partial charge in [0.25, 0.3) is 0 Å². The lowest BCUT2D eigenvalue weighted by atomic mass is 10.2. The van der Waals surface area contributed by atoms with Gasteiger partial charge in [-0.1, -0.05) is 37.3 Å². The summed E-state index contributed by atoms with van der Waals surface area (Å²) in [6.45, 7) is 3.02. The maximum absolute atomic E-state index is 13.5. The van der Waals surface area contributed by atoms with Crippen molar-refractivity contribution in [3.05, 3.63) is 65.5 Å². The van der Waals surface area contributed by atoms with Gasteiger partial charge in [0, 0.05) is 18.2 Å². The SMILES string of the molecule is CC[C@H](CO)NCc1cccc(OCc2ccccc2F)c1. The summed E-state index contributed by atoms with van der Waals surface area (Å²) in [7, 11) is 0. The van der Waals surface area contributed by atoms with Crippen molar-refractivity contribution in [3.63, 3.8) is 0 Å². The van der Waals surface area contributed by atoms with Gasteiger partial charge in [0.15, 0.2) is 0 Å². The second kappa shape index (κ2) is 8.51. The van der Waals surface area contributed by atoms with Gasteiger partial charge in [-0.3, -0.25) is 0 Å². The molecule has 0 aliphatic rings. The molecular weight excluding hydrogens is 281 g/mol. The summed E-state index contributed by atoms with van der Waals surface area (Å²) in [6.07, 6.45) is 0.875. The molecule has 118 valence electrons. The normalized spacial score (nSPS) is 12.1. The fourth-order valence-electron chi connectivity index (χ4n) is 2.12. The molecule has 2 aromatic rings. The molecule has 0 radical (unpaired) electrons. The Morgan fingerprint density at radius 3 is 2.73 bits per heavy atom. The third kappa shape index (κ3) is 4.83. The van der Waals surface area contributed by atoms with Crippen molar-refractivity contribution in [1.82, 2.24) is 5.32 Å². The van der Waals surface area contributed by atoms with Gasteiger partial charge >= 0.3 is 0 Å². The van der Waals surface area contributed by atoms with E-state index in [1.54, 1.807) is 18.2 Å². The Balaban J connectivity index is 1.92. The van der Waals surface area contributed by atoms with E-state index in [0.717, 1.165) is 12.0 Å². The van der Waals surface area contributed by atoms with Crippen molar-refractivity contribution >= 4 is 0 Å². The van der Waals surface area contributed by atoms with E-state index in [1.165, 1.54) is 6.07 Å². The molecule has 0 spiro atoms. The lowest BCUT2D eigenvalue weighted by Gasteiger charge is -2.14. The molecule has 0 aliphatic heterocycles. The van der Waals surface area contributed by atoms with E-state index in [-0.39, 0.29) is 25.1 Å². The highest BCUT2D eigenvalue weighted by atomic mass is 19.1. The Kier molecular flexibility index (Phi) is 6.37. The summed E-state index contributed by atoms with van der Waals surface area (Å²) in [4.78, 5) is 0. The largest absolute Gasteiger partial charge is 0.489 e. The number of nitrogens with one attached hydrogen (secondary N) is 1. The minimum atomic E-state index is -0.256. The number of rotatable bonds is 8. The van der Waals surface area contributed by atoms with E-state index in [4.69, 9.17) is 4.74 Å². The van der Waals surface area contributed by atoms with E-state index in [9.17, 15) is 9.50 Å². The van der Waals surface area contributed by atoms with Crippen LogP contribution in [-0.2, 0) is 13.2 Å². The van der Waals surface area contributed by atoms with E-state index < -0.39 is 0 Å². The number of aliphatic hydroxyl groups excluding tert-OH is 1. The Labute approximate surface area is 130 Å². The minimum Gasteiger partial charge on any atom is -0.489 e. The fraction of sp³-hybridized carbons (Fsp3) is 0.333. The first kappa shape index (κ1) is 16.5. The molecule has 3 nitrogen and oxygen atoms in total. The maximum Gasteiger partial charge on any atom is 0.129 e. The summed E-state index contributed by atoms with van der Waals surface area (Å²) < 4.78 is 19.2. The summed E-state index contributed by atoms with van der Waals surface area (Å²) in [5, 5.41) is 12.5. The fourth-order valence-corrected chi connectivity index (χ4v) is 2.12. The minimum absolute atomic E-state index is 0.1000. The lowest BCUT2D eigenvalue weighted by Crippen LogP contribution is -2.31. The van der Waals surface area contributed by atoms with E-state index >= 15 is 0 Å². The Hall–Kier alpha value is -1.91. The molecule has 2 rings (SSSR count). The van der Waals surface area contributed by atoms with E-state index in [2.05, 4.69) is 5.32 Å². The maximum atomic E-state index is 13.5. The third-order valence-corrected chi connectivity index (χ3v) is 3.56. The second-order valence-electron chi connectivity index (χ2n) is 5.20. The van der Waals surface area contributed by atoms with E-state index in [1.807, 2.05) is 31.2 Å². The molecule has 2 N–H and O–H groups in total. The lowest BCUT2D eigenvalue weighted by molar-refractivity contribution is 0.238. The van der Waals surface area contributed by atoms with Crippen molar-refractivity contribution in [2.24, 2.45) is 0 Å². The average molecular weight is 303 g/mol. The first-order chi connectivity index (χ1) is 10.7. The Morgan fingerprint density at radius 1 is 1.18 bits per heavy atom. The summed E-state index contributed by atoms with van der Waals surface area (Å²) in [5.41, 5.74) is 1.61. The molecule has 0 fully saturated rings. The standard InChI is InChI=1S/C18H22FNO2/c1-2-16(12-21)20-11-14-6-5-8-17(10-14)22-13-15-7-3-4-9-18(15)19/h3-10,16,20-21H,2,11-13H2,1H3/t16-/m1/s1. The van der Waals surface area contributed by atoms with Gasteiger partial charge in [0.05, 0.1) is 6.61 Å². The zero-order valence-corrected chi connectivity index (χ0v) is 12.8. The highest BCUT2D eigenvalue weighted by Gasteiger charge is 2.05. The predicted molar refractivity (Wildman–Crippen MR) is 85.2 cm³/mol. The van der Waals surface area contributed by atoms with Gasteiger partial charge in [-0.25, -0.2) is 4.39 Å². The van der Waals surface area contributed by atoms with Crippen LogP contribution in [0.5, 0.6) is 5.75 Å². The molecule has 22 heavy (non-hydrogen) atoms. The molecule has 2 aromatic carbocycles. The topological polar surface area (TPSA) is 41.5 Å². The molecule has 0 saturated carbocycles. The highest BCUT2D eigenvalue weighted by molar-refractivity contribution is 5.29. The van der Waals surface area contributed by atoms with Crippen LogP contribution in [0.25, 0.3) is 0 Å². The van der Waals surface area contributed by atoms with Crippen molar-refractivity contribution in [1.29, 1.82) is 0 Å². The molecule has 0 aliphatic carbocycles. The van der Waals surface area contributed by atoms with Crippen LogP contribution in [0.2, 0.25) is 0 Å². The molecule has 0 unspecified atom stereocenters. The number of aliphatic hydroxyl groups is 1. The molecular formula is C18H22FNO2. The number of hydrogen-bond donors (Lipinski definition) is 2. The van der Waals surface area contributed by atoms with Crippen LogP contribution in [-0.4, -0.2) is 17.8 Å². The number of benzene rings is 2. The summed E-state index contributed by atoms with van der Waals surface area (Å²) >= 11 is 0. The quantitative estimate of drug-likeness (QED) is 0.786. The van der Waals surface area contributed by atoms with Crippen LogP contribution >= 0.6 is 0 Å². The van der Waals surface area contributed by atoms with Crippen LogP contribution < -0.4 is 10.1 Å². The molecule has 0 aromatic heterocycles. The average Bonchev–Trinajstić information content (AvgIpc) is 2.55. The summed E-state index contributed by atoms with van der Waals surface area (Å²) in [6, 6.07) is 14.4. The van der Waals surface area contributed by atoms with Gasteiger partial charge < -0.3 is 15.2 Å². The molecule has 4 heteroatoms. The van der Waals surface area contributed by atoms with Gasteiger partial charge in [-0.15, -0.1) is 0 Å². The molecule has 0 bridgehead atoms. The Morgan fingerprint density at radius 2 is 2.00 bits per heavy atom. The van der Waals surface area contributed by atoms with Crippen LogP contribution in [0.1, 0.15) is 24.5 Å². The van der Waals surface area contributed by atoms with Gasteiger partial charge in [-0.2, -0.15) is 0 Å². The number of hydrogen-bond acceptors (Lipinski definition) is 3. The first-order valence-corrected chi connectivity index (χ1v) is 7.52. The van der Waals surface area contributed by atoms with Crippen LogP contribution in [0, 0.1) is 5.82 Å². The van der Waals surface area contributed by atoms with Crippen molar-refractivity contribution in [2.75, 3.05) is 6.61 Å². The van der Waals surface area contributed by atoms with Crippen LogP contribution in [0.3, 0.4) is 0 Å².